The summed E-state index contributed by atoms with van der Waals surface area (Å²) in [5.74, 6) is -0.358. The van der Waals surface area contributed by atoms with Crippen LogP contribution in [-0.2, 0) is 20.8 Å². The minimum atomic E-state index is -0.419. The van der Waals surface area contributed by atoms with E-state index in [0.29, 0.717) is 36.2 Å². The molecule has 0 unspecified atom stereocenters. The standard InChI is InChI=1S/C28H36N2O6/c1-18-14-23(32)26-21(19(2)22(31)16-24(26)33)15-20(29-35-13-12-30-11-7-9-25(30)34)8-5-6-10-27(3)28(4,17-18)36-27/h5-6,8,10,16,18,31,33H,7,9,11-15,17H2,1-4H3/b8-5+,10-6-,29-20+/t18-,27+,28+/m0/s1. The second kappa shape index (κ2) is 10.1. The zero-order chi connectivity index (χ0) is 26.1. The van der Waals surface area contributed by atoms with Gasteiger partial charge >= 0.3 is 0 Å². The molecular formula is C28H36N2O6. The van der Waals surface area contributed by atoms with Gasteiger partial charge in [-0.1, -0.05) is 30.3 Å². The minimum Gasteiger partial charge on any atom is -0.508 e. The van der Waals surface area contributed by atoms with Crippen LogP contribution in [-0.4, -0.2) is 63.4 Å². The number of ketones is 1. The van der Waals surface area contributed by atoms with Crippen molar-refractivity contribution in [2.75, 3.05) is 19.7 Å². The highest BCUT2D eigenvalue weighted by Gasteiger charge is 2.61. The van der Waals surface area contributed by atoms with E-state index in [2.05, 4.69) is 5.16 Å². The fourth-order valence-corrected chi connectivity index (χ4v) is 5.32. The smallest absolute Gasteiger partial charge is 0.222 e. The van der Waals surface area contributed by atoms with E-state index >= 15 is 0 Å². The van der Waals surface area contributed by atoms with E-state index in [1.54, 1.807) is 17.9 Å². The summed E-state index contributed by atoms with van der Waals surface area (Å²) in [5, 5.41) is 25.4. The summed E-state index contributed by atoms with van der Waals surface area (Å²) in [4.78, 5) is 32.6. The van der Waals surface area contributed by atoms with Gasteiger partial charge in [0.25, 0.3) is 0 Å². The zero-order valence-corrected chi connectivity index (χ0v) is 21.5. The first-order chi connectivity index (χ1) is 17.0. The summed E-state index contributed by atoms with van der Waals surface area (Å²) in [6.07, 6.45) is 10.1. The van der Waals surface area contributed by atoms with Gasteiger partial charge in [0.1, 0.15) is 23.7 Å². The molecule has 3 atom stereocenters. The molecule has 0 spiro atoms. The third-order valence-corrected chi connectivity index (χ3v) is 7.64. The van der Waals surface area contributed by atoms with Gasteiger partial charge in [0.2, 0.25) is 5.91 Å². The third kappa shape index (κ3) is 5.33. The summed E-state index contributed by atoms with van der Waals surface area (Å²) in [6.45, 7) is 9.25. The summed E-state index contributed by atoms with van der Waals surface area (Å²) < 4.78 is 6.06. The van der Waals surface area contributed by atoms with Crippen molar-refractivity contribution in [1.82, 2.24) is 4.90 Å². The molecule has 8 heteroatoms. The highest BCUT2D eigenvalue weighted by atomic mass is 16.6. The zero-order valence-electron chi connectivity index (χ0n) is 21.5. The first-order valence-electron chi connectivity index (χ1n) is 12.6. The van der Waals surface area contributed by atoms with Crippen molar-refractivity contribution in [2.24, 2.45) is 11.1 Å². The molecule has 1 aliphatic carbocycles. The van der Waals surface area contributed by atoms with Crippen LogP contribution in [0.2, 0.25) is 0 Å². The normalized spacial score (nSPS) is 31.5. The molecular weight excluding hydrogens is 460 g/mol. The van der Waals surface area contributed by atoms with Crippen LogP contribution < -0.4 is 0 Å². The number of phenolic OH excluding ortho intramolecular Hbond substituents is 2. The molecule has 0 bridgehead atoms. The predicted octanol–water partition coefficient (Wildman–Crippen LogP) is 4.22. The van der Waals surface area contributed by atoms with Crippen LogP contribution in [0.3, 0.4) is 0 Å². The number of oxime groups is 1. The summed E-state index contributed by atoms with van der Waals surface area (Å²) in [5.41, 5.74) is 0.968. The molecule has 1 amide bonds. The van der Waals surface area contributed by atoms with Crippen molar-refractivity contribution in [3.05, 3.63) is 47.1 Å². The first kappa shape index (κ1) is 25.9. The number of phenols is 2. The number of allylic oxidation sites excluding steroid dienone is 3. The highest BCUT2D eigenvalue weighted by molar-refractivity contribution is 6.04. The number of likely N-dealkylation sites (tertiary alicyclic amines) is 1. The van der Waals surface area contributed by atoms with E-state index in [4.69, 9.17) is 9.57 Å². The van der Waals surface area contributed by atoms with Gasteiger partial charge < -0.3 is 24.7 Å². The van der Waals surface area contributed by atoms with E-state index in [9.17, 15) is 19.8 Å². The van der Waals surface area contributed by atoms with Crippen LogP contribution in [0.25, 0.3) is 0 Å². The number of carbonyl (C=O) groups is 2. The Balaban J connectivity index is 1.65. The molecule has 2 aliphatic heterocycles. The van der Waals surface area contributed by atoms with Crippen LogP contribution >= 0.6 is 0 Å². The molecule has 2 saturated heterocycles. The molecule has 0 radical (unpaired) electrons. The van der Waals surface area contributed by atoms with Gasteiger partial charge in [-0.15, -0.1) is 0 Å². The number of carbonyl (C=O) groups excluding carboxylic acids is 2. The quantitative estimate of drug-likeness (QED) is 0.367. The van der Waals surface area contributed by atoms with Gasteiger partial charge in [0.15, 0.2) is 5.78 Å². The molecule has 0 saturated carbocycles. The van der Waals surface area contributed by atoms with Crippen LogP contribution in [0.4, 0.5) is 0 Å². The average Bonchev–Trinajstić information content (AvgIpc) is 3.08. The lowest BCUT2D eigenvalue weighted by molar-refractivity contribution is -0.128. The van der Waals surface area contributed by atoms with Crippen LogP contribution in [0.5, 0.6) is 11.5 Å². The molecule has 2 fully saturated rings. The van der Waals surface area contributed by atoms with Crippen molar-refractivity contribution in [3.63, 3.8) is 0 Å². The lowest BCUT2D eigenvalue weighted by Gasteiger charge is -2.19. The van der Waals surface area contributed by atoms with E-state index in [1.165, 1.54) is 6.07 Å². The molecule has 4 rings (SSSR count). The average molecular weight is 497 g/mol. The van der Waals surface area contributed by atoms with E-state index in [1.807, 2.05) is 39.0 Å². The number of nitrogens with zero attached hydrogens (tertiary/aromatic N) is 2. The Kier molecular flexibility index (Phi) is 7.27. The van der Waals surface area contributed by atoms with Gasteiger partial charge in [0.05, 0.1) is 23.4 Å². The number of benzene rings is 1. The Bertz CT molecular complexity index is 1140. The summed E-state index contributed by atoms with van der Waals surface area (Å²) in [7, 11) is 0. The Labute approximate surface area is 212 Å². The van der Waals surface area contributed by atoms with Gasteiger partial charge in [-0.05, 0) is 56.7 Å². The number of fused-ring (bicyclic) bond motifs is 2. The van der Waals surface area contributed by atoms with Gasteiger partial charge in [0, 0.05) is 31.9 Å². The molecule has 194 valence electrons. The van der Waals surface area contributed by atoms with Crippen LogP contribution in [0.15, 0.2) is 35.5 Å². The SMILES string of the molecule is Cc1c(O)cc(O)c2c1CC(=N/OCCN1CCCC1=O)/C=C/C=C\[C@@]1(C)O[C@]1(C)C[C@@H](C)CC2=O. The topological polar surface area (TPSA) is 112 Å². The second-order valence-corrected chi connectivity index (χ2v) is 10.6. The van der Waals surface area contributed by atoms with Crippen molar-refractivity contribution >= 4 is 17.4 Å². The van der Waals surface area contributed by atoms with Gasteiger partial charge in [-0.2, -0.15) is 0 Å². The molecule has 1 aromatic carbocycles. The van der Waals surface area contributed by atoms with Crippen molar-refractivity contribution in [3.8, 4) is 11.5 Å². The Morgan fingerprint density at radius 3 is 2.72 bits per heavy atom. The summed E-state index contributed by atoms with van der Waals surface area (Å²) >= 11 is 0. The number of ether oxygens (including phenoxy) is 1. The Hall–Kier alpha value is -3.13. The van der Waals surface area contributed by atoms with Crippen LogP contribution in [0, 0.1) is 12.8 Å². The van der Waals surface area contributed by atoms with E-state index in [0.717, 1.165) is 13.0 Å². The monoisotopic (exact) mass is 496 g/mol. The number of Topliss-reactive ketones (excluding diaryl/α,β-unsaturated/α-hetero) is 1. The van der Waals surface area contributed by atoms with Crippen molar-refractivity contribution in [1.29, 1.82) is 0 Å². The lowest BCUT2D eigenvalue weighted by atomic mass is 9.83. The number of hydrogen-bond donors (Lipinski definition) is 2. The van der Waals surface area contributed by atoms with Crippen LogP contribution in [0.1, 0.15) is 67.9 Å². The third-order valence-electron chi connectivity index (χ3n) is 7.64. The molecule has 0 aromatic heterocycles. The minimum absolute atomic E-state index is 0.0299. The fraction of sp³-hybridized carbons (Fsp3) is 0.536. The molecule has 8 nitrogen and oxygen atoms in total. The fourth-order valence-electron chi connectivity index (χ4n) is 5.32. The van der Waals surface area contributed by atoms with Gasteiger partial charge in [-0.3, -0.25) is 9.59 Å². The Morgan fingerprint density at radius 2 is 2.00 bits per heavy atom. The maximum atomic E-state index is 13.4. The number of rotatable bonds is 4. The molecule has 2 heterocycles. The molecule has 1 aromatic rings. The number of hydrogen-bond acceptors (Lipinski definition) is 7. The second-order valence-electron chi connectivity index (χ2n) is 10.6. The van der Waals surface area contributed by atoms with E-state index < -0.39 is 5.60 Å². The lowest BCUT2D eigenvalue weighted by Crippen LogP contribution is -2.28. The van der Waals surface area contributed by atoms with Gasteiger partial charge in [-0.25, -0.2) is 0 Å². The Morgan fingerprint density at radius 1 is 1.22 bits per heavy atom. The number of epoxide rings is 1. The first-order valence-corrected chi connectivity index (χ1v) is 12.6. The highest BCUT2D eigenvalue weighted by Crippen LogP contribution is 2.53. The summed E-state index contributed by atoms with van der Waals surface area (Å²) in [6, 6.07) is 1.22. The largest absolute Gasteiger partial charge is 0.508 e. The maximum absolute atomic E-state index is 13.4. The molecule has 3 aliphatic rings. The van der Waals surface area contributed by atoms with Crippen molar-refractivity contribution in [2.45, 2.75) is 71.0 Å². The molecule has 2 N–H and O–H groups in total. The van der Waals surface area contributed by atoms with E-state index in [-0.39, 0.29) is 59.7 Å². The molecule has 36 heavy (non-hydrogen) atoms. The van der Waals surface area contributed by atoms with Crippen molar-refractivity contribution < 1.29 is 29.4 Å². The predicted molar refractivity (Wildman–Crippen MR) is 136 cm³/mol. The number of aromatic hydroxyl groups is 2. The number of amides is 1. The maximum Gasteiger partial charge on any atom is 0.222 e.